The van der Waals surface area contributed by atoms with E-state index in [0.717, 1.165) is 18.5 Å². The van der Waals surface area contributed by atoms with Crippen LogP contribution in [0.25, 0.3) is 0 Å². The lowest BCUT2D eigenvalue weighted by Gasteiger charge is -2.12. The first-order valence-corrected chi connectivity index (χ1v) is 9.04. The Morgan fingerprint density at radius 1 is 1.11 bits per heavy atom. The fourth-order valence-electron chi connectivity index (χ4n) is 2.51. The van der Waals surface area contributed by atoms with Crippen molar-refractivity contribution in [1.29, 1.82) is 0 Å². The van der Waals surface area contributed by atoms with Crippen molar-refractivity contribution < 1.29 is 14.3 Å². The highest BCUT2D eigenvalue weighted by atomic mass is 35.5. The van der Waals surface area contributed by atoms with Crippen molar-refractivity contribution in [2.45, 2.75) is 12.8 Å². The van der Waals surface area contributed by atoms with Crippen LogP contribution < -0.4 is 20.7 Å². The normalized spacial score (nSPS) is 12.7. The molecule has 3 N–H and O–H groups in total. The molecule has 28 heavy (non-hydrogen) atoms. The first-order chi connectivity index (χ1) is 13.6. The van der Waals surface area contributed by atoms with Crippen LogP contribution in [0.3, 0.4) is 0 Å². The Bertz CT molecular complexity index is 939. The minimum Gasteiger partial charge on any atom is -0.456 e. The number of aromatic nitrogens is 1. The summed E-state index contributed by atoms with van der Waals surface area (Å²) in [5.74, 6) is 0.411. The number of amides is 3. The summed E-state index contributed by atoms with van der Waals surface area (Å²) in [5.41, 5.74) is 1.47. The predicted molar refractivity (Wildman–Crippen MR) is 108 cm³/mol. The molecule has 0 saturated heterocycles. The van der Waals surface area contributed by atoms with Crippen LogP contribution in [0.4, 0.5) is 10.5 Å². The fourth-order valence-corrected chi connectivity index (χ4v) is 2.75. The number of nitrogens with zero attached hydrogens (tertiary/aromatic N) is 1. The van der Waals surface area contributed by atoms with Gasteiger partial charge in [0, 0.05) is 30.7 Å². The number of rotatable bonds is 5. The third-order valence-electron chi connectivity index (χ3n) is 3.89. The number of allylic oxidation sites excluding steroid dienone is 3. The Balaban J connectivity index is 1.63. The van der Waals surface area contributed by atoms with Gasteiger partial charge in [-0.15, -0.1) is 0 Å². The molecule has 1 aliphatic rings. The molecule has 0 aliphatic heterocycles. The van der Waals surface area contributed by atoms with Crippen molar-refractivity contribution in [2.24, 2.45) is 0 Å². The van der Waals surface area contributed by atoms with E-state index in [1.165, 1.54) is 13.2 Å². The molecule has 0 bridgehead atoms. The van der Waals surface area contributed by atoms with Gasteiger partial charge in [0.1, 0.15) is 22.2 Å². The molecule has 0 spiro atoms. The molecule has 0 fully saturated rings. The van der Waals surface area contributed by atoms with Crippen LogP contribution in [0.1, 0.15) is 23.3 Å². The average Bonchev–Trinajstić information content (AvgIpc) is 2.71. The van der Waals surface area contributed by atoms with E-state index < -0.39 is 5.91 Å². The van der Waals surface area contributed by atoms with Gasteiger partial charge in [-0.1, -0.05) is 23.8 Å². The summed E-state index contributed by atoms with van der Waals surface area (Å²) in [4.78, 5) is 27.8. The fraction of sp³-hybridized carbons (Fsp3) is 0.150. The highest BCUT2D eigenvalue weighted by molar-refractivity contribution is 6.34. The Morgan fingerprint density at radius 3 is 2.57 bits per heavy atom. The summed E-state index contributed by atoms with van der Waals surface area (Å²) < 4.78 is 5.73. The number of urea groups is 1. The molecular weight excluding hydrogens is 380 g/mol. The van der Waals surface area contributed by atoms with Gasteiger partial charge in [0.25, 0.3) is 5.91 Å². The molecule has 8 heteroatoms. The van der Waals surface area contributed by atoms with Crippen molar-refractivity contribution in [2.75, 3.05) is 12.4 Å². The molecule has 144 valence electrons. The van der Waals surface area contributed by atoms with E-state index in [9.17, 15) is 9.59 Å². The maximum atomic E-state index is 12.0. The predicted octanol–water partition coefficient (Wildman–Crippen LogP) is 4.24. The number of benzene rings is 1. The van der Waals surface area contributed by atoms with E-state index in [-0.39, 0.29) is 16.7 Å². The Hall–Kier alpha value is -3.32. The van der Waals surface area contributed by atoms with E-state index in [1.54, 1.807) is 30.3 Å². The number of ether oxygens (including phenoxy) is 1. The van der Waals surface area contributed by atoms with Gasteiger partial charge in [0.15, 0.2) is 0 Å². The van der Waals surface area contributed by atoms with Crippen LogP contribution in [0, 0.1) is 0 Å². The second-order valence-electron chi connectivity index (χ2n) is 5.90. The molecule has 1 aliphatic carbocycles. The Morgan fingerprint density at radius 2 is 1.89 bits per heavy atom. The number of pyridine rings is 1. The average molecular weight is 399 g/mol. The van der Waals surface area contributed by atoms with Crippen LogP contribution in [-0.2, 0) is 0 Å². The van der Waals surface area contributed by atoms with E-state index in [2.05, 4.69) is 20.9 Å². The topological polar surface area (TPSA) is 92.3 Å². The van der Waals surface area contributed by atoms with E-state index >= 15 is 0 Å². The van der Waals surface area contributed by atoms with Crippen LogP contribution >= 0.6 is 11.6 Å². The summed E-state index contributed by atoms with van der Waals surface area (Å²) in [5, 5.41) is 8.13. The lowest BCUT2D eigenvalue weighted by atomic mass is 10.1. The molecule has 2 aromatic rings. The maximum absolute atomic E-state index is 12.0. The number of hydrogen-bond acceptors (Lipinski definition) is 4. The van der Waals surface area contributed by atoms with Crippen molar-refractivity contribution in [1.82, 2.24) is 15.6 Å². The van der Waals surface area contributed by atoms with Gasteiger partial charge in [-0.2, -0.15) is 0 Å². The van der Waals surface area contributed by atoms with Crippen molar-refractivity contribution in [3.8, 4) is 11.5 Å². The zero-order chi connectivity index (χ0) is 19.9. The maximum Gasteiger partial charge on any atom is 0.323 e. The molecule has 0 saturated carbocycles. The minimum absolute atomic E-state index is 0.0858. The molecule has 3 rings (SSSR count). The first-order valence-electron chi connectivity index (χ1n) is 8.66. The molecule has 0 atom stereocenters. The van der Waals surface area contributed by atoms with Crippen LogP contribution in [-0.4, -0.2) is 24.0 Å². The number of carbonyl (C=O) groups excluding carboxylic acids is 2. The van der Waals surface area contributed by atoms with Crippen molar-refractivity contribution >= 4 is 29.2 Å². The van der Waals surface area contributed by atoms with Gasteiger partial charge in [-0.25, -0.2) is 9.78 Å². The number of halogens is 1. The highest BCUT2D eigenvalue weighted by Crippen LogP contribution is 2.31. The summed E-state index contributed by atoms with van der Waals surface area (Å²) >= 11 is 6.20. The van der Waals surface area contributed by atoms with Gasteiger partial charge < -0.3 is 20.7 Å². The third-order valence-corrected chi connectivity index (χ3v) is 4.25. The number of nitrogens with one attached hydrogen (secondary N) is 3. The van der Waals surface area contributed by atoms with Gasteiger partial charge in [-0.05, 0) is 43.2 Å². The molecule has 7 nitrogen and oxygen atoms in total. The minimum atomic E-state index is -0.399. The van der Waals surface area contributed by atoms with E-state index in [0.29, 0.717) is 17.2 Å². The smallest absolute Gasteiger partial charge is 0.323 e. The van der Waals surface area contributed by atoms with Crippen LogP contribution in [0.5, 0.6) is 11.5 Å². The Labute approximate surface area is 167 Å². The standard InChI is InChI=1S/C20H19ClN4O3/c1-22-19(26)18-17(21)16(11-12-23-18)28-15-9-7-14(8-10-15)25-20(27)24-13-5-3-2-4-6-13/h3,5-12H,2,4H2,1H3,(H,22,26)(H2,24,25,27). The molecule has 1 aromatic carbocycles. The van der Waals surface area contributed by atoms with Gasteiger partial charge in [-0.3, -0.25) is 4.79 Å². The quantitative estimate of drug-likeness (QED) is 0.702. The number of carbonyl (C=O) groups is 2. The number of anilines is 1. The lowest BCUT2D eigenvalue weighted by Crippen LogP contribution is -2.27. The van der Waals surface area contributed by atoms with Crippen LogP contribution in [0.2, 0.25) is 5.02 Å². The Kier molecular flexibility index (Phi) is 6.29. The molecule has 3 amide bonds. The summed E-state index contributed by atoms with van der Waals surface area (Å²) in [6, 6.07) is 8.03. The molecule has 1 aromatic heterocycles. The summed E-state index contributed by atoms with van der Waals surface area (Å²) in [6.07, 6.45) is 9.22. The second kappa shape index (κ2) is 9.05. The first kappa shape index (κ1) is 19.4. The zero-order valence-corrected chi connectivity index (χ0v) is 15.9. The van der Waals surface area contributed by atoms with E-state index in [1.807, 2.05) is 18.2 Å². The van der Waals surface area contributed by atoms with Crippen LogP contribution in [0.15, 0.2) is 60.5 Å². The highest BCUT2D eigenvalue weighted by Gasteiger charge is 2.15. The van der Waals surface area contributed by atoms with Gasteiger partial charge in [0.2, 0.25) is 0 Å². The summed E-state index contributed by atoms with van der Waals surface area (Å²) in [7, 11) is 1.50. The number of hydrogen-bond donors (Lipinski definition) is 3. The molecule has 1 heterocycles. The van der Waals surface area contributed by atoms with Gasteiger partial charge in [0.05, 0.1) is 0 Å². The zero-order valence-electron chi connectivity index (χ0n) is 15.2. The largest absolute Gasteiger partial charge is 0.456 e. The van der Waals surface area contributed by atoms with Gasteiger partial charge >= 0.3 is 6.03 Å². The second-order valence-corrected chi connectivity index (χ2v) is 6.27. The molecule has 0 unspecified atom stereocenters. The molecule has 0 radical (unpaired) electrons. The molecular formula is C20H19ClN4O3. The summed E-state index contributed by atoms with van der Waals surface area (Å²) in [6.45, 7) is 0. The third kappa shape index (κ3) is 4.89. The van der Waals surface area contributed by atoms with Crippen molar-refractivity contribution in [3.05, 3.63) is 71.2 Å². The lowest BCUT2D eigenvalue weighted by molar-refractivity contribution is 0.0958. The van der Waals surface area contributed by atoms with Crippen molar-refractivity contribution in [3.63, 3.8) is 0 Å². The van der Waals surface area contributed by atoms with E-state index in [4.69, 9.17) is 16.3 Å². The monoisotopic (exact) mass is 398 g/mol. The SMILES string of the molecule is CNC(=O)c1nccc(Oc2ccc(NC(=O)NC3=CCCC=C3)cc2)c1Cl.